The van der Waals surface area contributed by atoms with Gasteiger partial charge in [-0.05, 0) is 17.7 Å². The van der Waals surface area contributed by atoms with Crippen molar-refractivity contribution in [2.24, 2.45) is 0 Å². The van der Waals surface area contributed by atoms with Gasteiger partial charge in [0.2, 0.25) is 0 Å². The topological polar surface area (TPSA) is 32.3 Å². The number of carbonyl (C=O) groups excluding carboxylic acids is 1. The molecule has 0 saturated carbocycles. The number of thiocarbonyl (C=S) groups is 1. The molecular weight excluding hydrogens is 369 g/mol. The van der Waals surface area contributed by atoms with Gasteiger partial charge in [-0.1, -0.05) is 54.3 Å². The lowest BCUT2D eigenvalue weighted by atomic mass is 10.2. The summed E-state index contributed by atoms with van der Waals surface area (Å²) in [5.74, 6) is -3.91. The van der Waals surface area contributed by atoms with Crippen LogP contribution in [0, 0.1) is 17.5 Å². The van der Waals surface area contributed by atoms with Gasteiger partial charge in [-0.2, -0.15) is 0 Å². The predicted molar refractivity (Wildman–Crippen MR) is 94.6 cm³/mol. The Morgan fingerprint density at radius 3 is 2.48 bits per heavy atom. The van der Waals surface area contributed by atoms with Crippen molar-refractivity contribution >= 4 is 40.3 Å². The largest absolute Gasteiger partial charge is 0.280 e. The van der Waals surface area contributed by atoms with Gasteiger partial charge >= 0.3 is 0 Å². The zero-order valence-corrected chi connectivity index (χ0v) is 14.3. The fourth-order valence-electron chi connectivity index (χ4n) is 2.16. The highest BCUT2D eigenvalue weighted by molar-refractivity contribution is 8.26. The maximum atomic E-state index is 13.7. The van der Waals surface area contributed by atoms with E-state index < -0.39 is 23.4 Å². The second-order valence-corrected chi connectivity index (χ2v) is 6.80. The molecule has 3 rings (SSSR count). The van der Waals surface area contributed by atoms with Crippen LogP contribution in [0.5, 0.6) is 0 Å². The number of carbonyl (C=O) groups is 1. The van der Waals surface area contributed by atoms with Gasteiger partial charge in [0, 0.05) is 18.2 Å². The van der Waals surface area contributed by atoms with Crippen molar-refractivity contribution in [3.8, 4) is 0 Å². The standard InChI is InChI=1S/C17H11F3N2OS2/c18-12-8-14(20)13(19)6-11(12)7-15-16(23)22(17(24)25-15)21-9-10-4-2-1-3-5-10/h1-8,21H,9H2/b15-7+. The fraction of sp³-hybridized carbons (Fsp3) is 0.0588. The normalized spacial score (nSPS) is 16.1. The van der Waals surface area contributed by atoms with Crippen molar-refractivity contribution in [3.05, 3.63) is 75.9 Å². The van der Waals surface area contributed by atoms with E-state index in [2.05, 4.69) is 5.43 Å². The van der Waals surface area contributed by atoms with Crippen molar-refractivity contribution in [3.63, 3.8) is 0 Å². The summed E-state index contributed by atoms with van der Waals surface area (Å²) in [4.78, 5) is 12.5. The molecule has 0 radical (unpaired) electrons. The Morgan fingerprint density at radius 1 is 1.08 bits per heavy atom. The van der Waals surface area contributed by atoms with Gasteiger partial charge in [-0.25, -0.2) is 23.6 Å². The quantitative estimate of drug-likeness (QED) is 0.494. The fourth-order valence-corrected chi connectivity index (χ4v) is 3.37. The average molecular weight is 380 g/mol. The van der Waals surface area contributed by atoms with Gasteiger partial charge in [0.05, 0.1) is 4.91 Å². The van der Waals surface area contributed by atoms with E-state index >= 15 is 0 Å². The van der Waals surface area contributed by atoms with E-state index in [1.807, 2.05) is 30.3 Å². The summed E-state index contributed by atoms with van der Waals surface area (Å²) >= 11 is 6.10. The molecule has 0 bridgehead atoms. The molecule has 8 heteroatoms. The molecule has 3 nitrogen and oxygen atoms in total. The second kappa shape index (κ2) is 7.38. The highest BCUT2D eigenvalue weighted by Gasteiger charge is 2.32. The highest BCUT2D eigenvalue weighted by atomic mass is 32.2. The zero-order chi connectivity index (χ0) is 18.0. The summed E-state index contributed by atoms with van der Waals surface area (Å²) in [6, 6.07) is 10.5. The summed E-state index contributed by atoms with van der Waals surface area (Å²) in [5, 5.41) is 1.18. The number of rotatable bonds is 4. The molecule has 1 amide bonds. The van der Waals surface area contributed by atoms with Crippen LogP contribution >= 0.6 is 24.0 Å². The molecule has 0 aliphatic carbocycles. The van der Waals surface area contributed by atoms with E-state index in [4.69, 9.17) is 12.2 Å². The molecule has 2 aromatic carbocycles. The van der Waals surface area contributed by atoms with Crippen molar-refractivity contribution in [1.82, 2.24) is 10.4 Å². The van der Waals surface area contributed by atoms with Crippen molar-refractivity contribution in [2.75, 3.05) is 0 Å². The number of thioether (sulfide) groups is 1. The van der Waals surface area contributed by atoms with E-state index in [0.717, 1.165) is 23.4 Å². The number of benzene rings is 2. The van der Waals surface area contributed by atoms with Crippen LogP contribution in [0.1, 0.15) is 11.1 Å². The van der Waals surface area contributed by atoms with E-state index in [1.165, 1.54) is 5.01 Å². The summed E-state index contributed by atoms with van der Waals surface area (Å²) in [6.45, 7) is 0.375. The number of halogens is 3. The Labute approximate surface area is 151 Å². The molecule has 128 valence electrons. The number of amides is 1. The van der Waals surface area contributed by atoms with Gasteiger partial charge in [-0.15, -0.1) is 0 Å². The SMILES string of the molecule is O=C1/C(=C\c2cc(F)c(F)cc2F)SC(=S)N1NCc1ccccc1. The minimum Gasteiger partial charge on any atom is -0.267 e. The summed E-state index contributed by atoms with van der Waals surface area (Å²) in [6.07, 6.45) is 1.15. The van der Waals surface area contributed by atoms with Crippen LogP contribution < -0.4 is 5.43 Å². The van der Waals surface area contributed by atoms with E-state index in [-0.39, 0.29) is 14.8 Å². The minimum atomic E-state index is -1.29. The lowest BCUT2D eigenvalue weighted by Crippen LogP contribution is -2.40. The third-order valence-corrected chi connectivity index (χ3v) is 4.71. The van der Waals surface area contributed by atoms with E-state index in [1.54, 1.807) is 0 Å². The zero-order valence-electron chi connectivity index (χ0n) is 12.6. The summed E-state index contributed by atoms with van der Waals surface area (Å²) < 4.78 is 40.3. The molecule has 0 atom stereocenters. The number of hydrogen-bond donors (Lipinski definition) is 1. The van der Waals surface area contributed by atoms with Crippen LogP contribution in [-0.4, -0.2) is 15.2 Å². The first kappa shape index (κ1) is 17.7. The lowest BCUT2D eigenvalue weighted by Gasteiger charge is -2.15. The summed E-state index contributed by atoms with van der Waals surface area (Å²) in [5.41, 5.74) is 3.63. The van der Waals surface area contributed by atoms with Gasteiger partial charge in [0.1, 0.15) is 5.82 Å². The Balaban J connectivity index is 1.78. The molecular formula is C17H11F3N2OS2. The maximum Gasteiger partial charge on any atom is 0.280 e. The number of hydrogen-bond acceptors (Lipinski definition) is 4. The van der Waals surface area contributed by atoms with Gasteiger partial charge in [-0.3, -0.25) is 4.79 Å². The molecule has 1 N–H and O–H groups in total. The smallest absolute Gasteiger partial charge is 0.267 e. The predicted octanol–water partition coefficient (Wildman–Crippen LogP) is 4.01. The Hall–Kier alpha value is -2.16. The Morgan fingerprint density at radius 2 is 1.76 bits per heavy atom. The van der Waals surface area contributed by atoms with Crippen molar-refractivity contribution < 1.29 is 18.0 Å². The van der Waals surface area contributed by atoms with E-state index in [0.29, 0.717) is 18.7 Å². The molecule has 1 aliphatic heterocycles. The van der Waals surface area contributed by atoms with Gasteiger partial charge in [0.15, 0.2) is 16.0 Å². The van der Waals surface area contributed by atoms with Crippen LogP contribution in [0.15, 0.2) is 47.4 Å². The number of nitrogens with one attached hydrogen (secondary N) is 1. The van der Waals surface area contributed by atoms with Crippen LogP contribution in [0.25, 0.3) is 6.08 Å². The van der Waals surface area contributed by atoms with Crippen LogP contribution in [-0.2, 0) is 11.3 Å². The molecule has 0 aromatic heterocycles. The number of hydrazine groups is 1. The van der Waals surface area contributed by atoms with Gasteiger partial charge in [0.25, 0.3) is 5.91 Å². The molecule has 1 heterocycles. The first-order chi connectivity index (χ1) is 12.0. The van der Waals surface area contributed by atoms with Crippen molar-refractivity contribution in [2.45, 2.75) is 6.54 Å². The molecule has 1 saturated heterocycles. The maximum absolute atomic E-state index is 13.7. The first-order valence-electron chi connectivity index (χ1n) is 7.15. The third-order valence-electron chi connectivity index (χ3n) is 3.40. The molecule has 2 aromatic rings. The van der Waals surface area contributed by atoms with Gasteiger partial charge < -0.3 is 0 Å². The van der Waals surface area contributed by atoms with Crippen LogP contribution in [0.2, 0.25) is 0 Å². The monoisotopic (exact) mass is 380 g/mol. The molecule has 1 fully saturated rings. The van der Waals surface area contributed by atoms with Crippen LogP contribution in [0.3, 0.4) is 0 Å². The molecule has 0 unspecified atom stereocenters. The minimum absolute atomic E-state index is 0.121. The van der Waals surface area contributed by atoms with Crippen molar-refractivity contribution in [1.29, 1.82) is 0 Å². The molecule has 0 spiro atoms. The highest BCUT2D eigenvalue weighted by Crippen LogP contribution is 2.32. The van der Waals surface area contributed by atoms with Crippen LogP contribution in [0.4, 0.5) is 13.2 Å². The Bertz CT molecular complexity index is 872. The average Bonchev–Trinajstić information content (AvgIpc) is 2.85. The second-order valence-electron chi connectivity index (χ2n) is 5.13. The third kappa shape index (κ3) is 3.92. The number of nitrogens with zero attached hydrogens (tertiary/aromatic N) is 1. The molecule has 1 aliphatic rings. The summed E-state index contributed by atoms with van der Waals surface area (Å²) in [7, 11) is 0. The van der Waals surface area contributed by atoms with E-state index in [9.17, 15) is 18.0 Å². The Kier molecular flexibility index (Phi) is 5.22. The first-order valence-corrected chi connectivity index (χ1v) is 8.38. The lowest BCUT2D eigenvalue weighted by molar-refractivity contribution is -0.124. The molecule has 25 heavy (non-hydrogen) atoms.